The van der Waals surface area contributed by atoms with Crippen LogP contribution >= 0.6 is 0 Å². The third-order valence-corrected chi connectivity index (χ3v) is 3.15. The molecular formula is C13H14FN3O. The first-order valence-electron chi connectivity index (χ1n) is 6.16. The van der Waals surface area contributed by atoms with Crippen LogP contribution in [0.3, 0.4) is 0 Å². The van der Waals surface area contributed by atoms with E-state index < -0.39 is 0 Å². The van der Waals surface area contributed by atoms with Crippen LogP contribution in [-0.2, 0) is 0 Å². The molecule has 1 aromatic heterocycles. The topological polar surface area (TPSA) is 51.0 Å². The lowest BCUT2D eigenvalue weighted by Gasteiger charge is -2.19. The number of piperidine rings is 1. The molecule has 1 atom stereocenters. The van der Waals surface area contributed by atoms with Crippen LogP contribution in [0.5, 0.6) is 0 Å². The number of hydrogen-bond donors (Lipinski definition) is 1. The molecule has 1 N–H and O–H groups in total. The monoisotopic (exact) mass is 247 g/mol. The lowest BCUT2D eigenvalue weighted by molar-refractivity contribution is 0.367. The first-order valence-corrected chi connectivity index (χ1v) is 6.16. The SMILES string of the molecule is Fc1ccc(-c2nc([C@H]3CCCCN3)no2)cc1. The van der Waals surface area contributed by atoms with Crippen LogP contribution in [0.4, 0.5) is 4.39 Å². The van der Waals surface area contributed by atoms with Gasteiger partial charge in [0, 0.05) is 5.56 Å². The highest BCUT2D eigenvalue weighted by molar-refractivity contribution is 5.52. The van der Waals surface area contributed by atoms with E-state index in [0.717, 1.165) is 18.5 Å². The molecule has 2 heterocycles. The van der Waals surface area contributed by atoms with Crippen LogP contribution in [0, 0.1) is 5.82 Å². The summed E-state index contributed by atoms with van der Waals surface area (Å²) in [6.45, 7) is 0.991. The quantitative estimate of drug-likeness (QED) is 0.886. The van der Waals surface area contributed by atoms with Gasteiger partial charge in [-0.1, -0.05) is 11.6 Å². The van der Waals surface area contributed by atoms with Gasteiger partial charge in [0.05, 0.1) is 6.04 Å². The van der Waals surface area contributed by atoms with E-state index in [0.29, 0.717) is 11.7 Å². The van der Waals surface area contributed by atoms with E-state index in [1.54, 1.807) is 12.1 Å². The lowest BCUT2D eigenvalue weighted by Crippen LogP contribution is -2.27. The third-order valence-electron chi connectivity index (χ3n) is 3.15. The minimum absolute atomic E-state index is 0.177. The van der Waals surface area contributed by atoms with E-state index >= 15 is 0 Å². The summed E-state index contributed by atoms with van der Waals surface area (Å²) < 4.78 is 18.0. The van der Waals surface area contributed by atoms with Crippen LogP contribution in [0.2, 0.25) is 0 Å². The summed E-state index contributed by atoms with van der Waals surface area (Å²) in [5.74, 6) is 0.860. The van der Waals surface area contributed by atoms with Gasteiger partial charge >= 0.3 is 0 Å². The second kappa shape index (κ2) is 4.86. The zero-order chi connectivity index (χ0) is 12.4. The van der Waals surface area contributed by atoms with Gasteiger partial charge in [-0.25, -0.2) is 4.39 Å². The van der Waals surface area contributed by atoms with Gasteiger partial charge < -0.3 is 9.84 Å². The molecule has 1 aromatic carbocycles. The largest absolute Gasteiger partial charge is 0.334 e. The summed E-state index contributed by atoms with van der Waals surface area (Å²) in [4.78, 5) is 4.37. The van der Waals surface area contributed by atoms with Crippen molar-refractivity contribution in [2.75, 3.05) is 6.54 Å². The van der Waals surface area contributed by atoms with Crippen molar-refractivity contribution in [3.63, 3.8) is 0 Å². The Morgan fingerprint density at radius 1 is 1.22 bits per heavy atom. The maximum absolute atomic E-state index is 12.8. The number of benzene rings is 1. The summed E-state index contributed by atoms with van der Waals surface area (Å²) in [6.07, 6.45) is 3.40. The normalized spacial score (nSPS) is 19.9. The first-order chi connectivity index (χ1) is 8.83. The number of halogens is 1. The predicted molar refractivity (Wildman–Crippen MR) is 64.3 cm³/mol. The minimum Gasteiger partial charge on any atom is -0.334 e. The standard InChI is InChI=1S/C13H14FN3O/c14-10-6-4-9(5-7-10)13-16-12(17-18-13)11-3-1-2-8-15-11/h4-7,11,15H,1-3,8H2/t11-/m1/s1. The van der Waals surface area contributed by atoms with Gasteiger partial charge in [0.2, 0.25) is 0 Å². The Morgan fingerprint density at radius 2 is 2.06 bits per heavy atom. The van der Waals surface area contributed by atoms with Crippen molar-refractivity contribution in [3.8, 4) is 11.5 Å². The van der Waals surface area contributed by atoms with Gasteiger partial charge in [-0.2, -0.15) is 4.98 Å². The molecule has 0 bridgehead atoms. The predicted octanol–water partition coefficient (Wildman–Crippen LogP) is 2.69. The van der Waals surface area contributed by atoms with Crippen molar-refractivity contribution in [1.29, 1.82) is 0 Å². The van der Waals surface area contributed by atoms with Gasteiger partial charge in [0.15, 0.2) is 5.82 Å². The van der Waals surface area contributed by atoms with E-state index in [9.17, 15) is 4.39 Å². The Hall–Kier alpha value is -1.75. The molecule has 18 heavy (non-hydrogen) atoms. The average Bonchev–Trinajstić information content (AvgIpc) is 2.90. The molecule has 0 amide bonds. The first kappa shape index (κ1) is 11.3. The molecule has 1 aliphatic heterocycles. The van der Waals surface area contributed by atoms with Gasteiger partial charge in [0.1, 0.15) is 5.82 Å². The summed E-state index contributed by atoms with van der Waals surface area (Å²) in [5, 5.41) is 7.36. The van der Waals surface area contributed by atoms with E-state index in [1.807, 2.05) is 0 Å². The summed E-state index contributed by atoms with van der Waals surface area (Å²) in [6, 6.07) is 6.23. The smallest absolute Gasteiger partial charge is 0.257 e. The average molecular weight is 247 g/mol. The van der Waals surface area contributed by atoms with Gasteiger partial charge in [-0.15, -0.1) is 0 Å². The maximum Gasteiger partial charge on any atom is 0.257 e. The molecule has 94 valence electrons. The lowest BCUT2D eigenvalue weighted by atomic mass is 10.0. The zero-order valence-electron chi connectivity index (χ0n) is 9.90. The molecule has 3 rings (SSSR count). The molecule has 1 aliphatic rings. The maximum atomic E-state index is 12.8. The van der Waals surface area contributed by atoms with E-state index in [-0.39, 0.29) is 11.9 Å². The van der Waals surface area contributed by atoms with Crippen LogP contribution in [0.15, 0.2) is 28.8 Å². The highest BCUT2D eigenvalue weighted by Crippen LogP contribution is 2.23. The van der Waals surface area contributed by atoms with Crippen molar-refractivity contribution in [2.24, 2.45) is 0 Å². The molecule has 1 fully saturated rings. The van der Waals surface area contributed by atoms with Crippen LogP contribution in [0.1, 0.15) is 31.1 Å². The van der Waals surface area contributed by atoms with Gasteiger partial charge in [0.25, 0.3) is 5.89 Å². The number of nitrogens with one attached hydrogen (secondary N) is 1. The number of hydrogen-bond acceptors (Lipinski definition) is 4. The number of nitrogens with zero attached hydrogens (tertiary/aromatic N) is 2. The zero-order valence-corrected chi connectivity index (χ0v) is 9.90. The van der Waals surface area contributed by atoms with E-state index in [4.69, 9.17) is 4.52 Å². The Balaban J connectivity index is 1.82. The number of aromatic nitrogens is 2. The van der Waals surface area contributed by atoms with Crippen molar-refractivity contribution >= 4 is 0 Å². The summed E-state index contributed by atoms with van der Waals surface area (Å²) >= 11 is 0. The van der Waals surface area contributed by atoms with Crippen molar-refractivity contribution in [3.05, 3.63) is 35.9 Å². The molecule has 0 radical (unpaired) electrons. The number of rotatable bonds is 2. The fourth-order valence-corrected chi connectivity index (χ4v) is 2.16. The molecular weight excluding hydrogens is 233 g/mol. The molecule has 1 saturated heterocycles. The Kier molecular flexibility index (Phi) is 3.06. The molecule has 0 saturated carbocycles. The molecule has 2 aromatic rings. The Labute approximate surface area is 104 Å². The second-order valence-corrected chi connectivity index (χ2v) is 4.47. The fourth-order valence-electron chi connectivity index (χ4n) is 2.16. The molecule has 0 aliphatic carbocycles. The Morgan fingerprint density at radius 3 is 2.78 bits per heavy atom. The highest BCUT2D eigenvalue weighted by Gasteiger charge is 2.20. The molecule has 5 heteroatoms. The Bertz CT molecular complexity index is 517. The summed E-state index contributed by atoms with van der Waals surface area (Å²) in [5.41, 5.74) is 0.742. The van der Waals surface area contributed by atoms with Crippen molar-refractivity contribution in [2.45, 2.75) is 25.3 Å². The van der Waals surface area contributed by atoms with Crippen molar-refractivity contribution < 1.29 is 8.91 Å². The van der Waals surface area contributed by atoms with Gasteiger partial charge in [-0.05, 0) is 43.7 Å². The molecule has 0 spiro atoms. The molecule has 4 nitrogen and oxygen atoms in total. The van der Waals surface area contributed by atoms with Crippen LogP contribution in [-0.4, -0.2) is 16.7 Å². The minimum atomic E-state index is -0.271. The van der Waals surface area contributed by atoms with Gasteiger partial charge in [-0.3, -0.25) is 0 Å². The third kappa shape index (κ3) is 2.26. The second-order valence-electron chi connectivity index (χ2n) is 4.47. The van der Waals surface area contributed by atoms with Crippen LogP contribution in [0.25, 0.3) is 11.5 Å². The highest BCUT2D eigenvalue weighted by atomic mass is 19.1. The van der Waals surface area contributed by atoms with E-state index in [1.165, 1.54) is 25.0 Å². The molecule has 0 unspecified atom stereocenters. The summed E-state index contributed by atoms with van der Waals surface area (Å²) in [7, 11) is 0. The fraction of sp³-hybridized carbons (Fsp3) is 0.385. The van der Waals surface area contributed by atoms with Crippen LogP contribution < -0.4 is 5.32 Å². The van der Waals surface area contributed by atoms with Crippen molar-refractivity contribution in [1.82, 2.24) is 15.5 Å². The van der Waals surface area contributed by atoms with E-state index in [2.05, 4.69) is 15.5 Å².